The molecule has 1 rings (SSSR count). The number of benzene rings is 1. The fourth-order valence-corrected chi connectivity index (χ4v) is 1.14. The van der Waals surface area contributed by atoms with E-state index in [0.29, 0.717) is 5.56 Å². The molecule has 0 unspecified atom stereocenters. The first-order chi connectivity index (χ1) is 9.04. The van der Waals surface area contributed by atoms with Crippen LogP contribution in [0.4, 0.5) is 0 Å². The summed E-state index contributed by atoms with van der Waals surface area (Å²) in [5.74, 6) is -2.59. The Morgan fingerprint density at radius 2 is 1.89 bits per heavy atom. The molecule has 0 saturated carbocycles. The first-order valence-electron chi connectivity index (χ1n) is 5.08. The van der Waals surface area contributed by atoms with E-state index in [4.69, 9.17) is 0 Å². The number of ether oxygens (including phenoxy) is 1. The molecule has 0 bridgehead atoms. The lowest BCUT2D eigenvalue weighted by molar-refractivity contribution is -0.463. The minimum absolute atomic E-state index is 0.0807. The molecular formula is C11H10N2O6. The molecule has 0 aliphatic heterocycles. The maximum absolute atomic E-state index is 11.0. The van der Waals surface area contributed by atoms with E-state index in [2.05, 4.69) is 14.7 Å². The fourth-order valence-electron chi connectivity index (χ4n) is 1.14. The van der Waals surface area contributed by atoms with Crippen LogP contribution in [0.25, 0.3) is 0 Å². The average molecular weight is 266 g/mol. The molecule has 1 aromatic rings. The summed E-state index contributed by atoms with van der Waals surface area (Å²) in [6.07, 6.45) is 0. The largest absolute Gasteiger partial charge is 0.461 e. The van der Waals surface area contributed by atoms with Crippen LogP contribution in [0.3, 0.4) is 0 Å². The van der Waals surface area contributed by atoms with Gasteiger partial charge in [-0.25, -0.2) is 9.59 Å². The Bertz CT molecular complexity index is 511. The van der Waals surface area contributed by atoms with Gasteiger partial charge in [-0.05, 0) is 0 Å². The lowest BCUT2D eigenvalue weighted by Gasteiger charge is -2.01. The van der Waals surface area contributed by atoms with Crippen LogP contribution >= 0.6 is 0 Å². The van der Waals surface area contributed by atoms with Crippen molar-refractivity contribution in [2.24, 2.45) is 5.16 Å². The maximum Gasteiger partial charge on any atom is 0.443 e. The Hall–Kier alpha value is -2.77. The highest BCUT2D eigenvalue weighted by atomic mass is 16.7. The zero-order valence-electron chi connectivity index (χ0n) is 9.94. The minimum atomic E-state index is -1.35. The van der Waals surface area contributed by atoms with Crippen molar-refractivity contribution in [2.75, 3.05) is 13.7 Å². The van der Waals surface area contributed by atoms with Gasteiger partial charge in [0.05, 0.1) is 7.11 Å². The molecule has 0 aromatic heterocycles. The molecule has 0 amide bonds. The minimum Gasteiger partial charge on any atom is -0.461 e. The number of methoxy groups -OCH3 is 1. The third-order valence-corrected chi connectivity index (χ3v) is 1.98. The molecule has 100 valence electrons. The molecule has 8 heteroatoms. The number of rotatable bonds is 4. The van der Waals surface area contributed by atoms with Gasteiger partial charge < -0.3 is 9.57 Å². The highest BCUT2D eigenvalue weighted by Crippen LogP contribution is 2.02. The van der Waals surface area contributed by atoms with Crippen molar-refractivity contribution in [3.63, 3.8) is 0 Å². The summed E-state index contributed by atoms with van der Waals surface area (Å²) in [6, 6.07) is 8.14. The van der Waals surface area contributed by atoms with E-state index in [9.17, 15) is 19.7 Å². The molecule has 0 N–H and O–H groups in total. The third-order valence-electron chi connectivity index (χ3n) is 1.98. The first-order valence-corrected chi connectivity index (χ1v) is 5.08. The molecule has 0 fully saturated rings. The zero-order chi connectivity index (χ0) is 14.3. The summed E-state index contributed by atoms with van der Waals surface area (Å²) in [6.45, 7) is -0.640. The molecule has 0 saturated heterocycles. The van der Waals surface area contributed by atoms with Gasteiger partial charge in [0, 0.05) is 10.5 Å². The van der Waals surface area contributed by atoms with Crippen LogP contribution in [0.1, 0.15) is 5.56 Å². The lowest BCUT2D eigenvalue weighted by atomic mass is 10.1. The van der Waals surface area contributed by atoms with Gasteiger partial charge in [-0.15, -0.1) is 0 Å². The standard InChI is InChI=1S/C11H10N2O6/c1-18-10(14)11(15)19-12-9(7-13(16)17)8-5-3-2-4-6-8/h2-6H,7H2,1H3. The van der Waals surface area contributed by atoms with E-state index in [0.717, 1.165) is 7.11 Å². The highest BCUT2D eigenvalue weighted by Gasteiger charge is 2.18. The van der Waals surface area contributed by atoms with Crippen LogP contribution in [0, 0.1) is 10.1 Å². The molecule has 1 aromatic carbocycles. The van der Waals surface area contributed by atoms with Crippen molar-refractivity contribution in [3.05, 3.63) is 46.0 Å². The summed E-state index contributed by atoms with van der Waals surface area (Å²) in [5.41, 5.74) is 0.333. The van der Waals surface area contributed by atoms with E-state index < -0.39 is 23.4 Å². The van der Waals surface area contributed by atoms with E-state index in [1.54, 1.807) is 30.3 Å². The van der Waals surface area contributed by atoms with Crippen molar-refractivity contribution in [3.8, 4) is 0 Å². The number of carbonyl (C=O) groups excluding carboxylic acids is 2. The van der Waals surface area contributed by atoms with Gasteiger partial charge >= 0.3 is 11.9 Å². The molecular weight excluding hydrogens is 256 g/mol. The quantitative estimate of drug-likeness (QED) is 0.195. The fraction of sp³-hybridized carbons (Fsp3) is 0.182. The molecule has 0 aliphatic rings. The van der Waals surface area contributed by atoms with Gasteiger partial charge in [0.15, 0.2) is 5.71 Å². The summed E-state index contributed by atoms with van der Waals surface area (Å²) < 4.78 is 4.11. The van der Waals surface area contributed by atoms with E-state index in [-0.39, 0.29) is 5.71 Å². The van der Waals surface area contributed by atoms with Crippen molar-refractivity contribution in [1.82, 2.24) is 0 Å². The lowest BCUT2D eigenvalue weighted by Crippen LogP contribution is -2.20. The Balaban J connectivity index is 2.89. The maximum atomic E-state index is 11.0. The van der Waals surface area contributed by atoms with Crippen LogP contribution in [-0.2, 0) is 19.2 Å². The second-order valence-corrected chi connectivity index (χ2v) is 3.27. The molecule has 0 spiro atoms. The number of oxime groups is 1. The molecule has 0 aliphatic carbocycles. The second-order valence-electron chi connectivity index (χ2n) is 3.27. The Morgan fingerprint density at radius 1 is 1.26 bits per heavy atom. The number of hydrogen-bond acceptors (Lipinski definition) is 7. The van der Waals surface area contributed by atoms with Gasteiger partial charge in [-0.2, -0.15) is 0 Å². The number of hydrogen-bond donors (Lipinski definition) is 0. The SMILES string of the molecule is COC(=O)C(=O)ON=C(C[N+](=O)[O-])c1ccccc1. The van der Waals surface area contributed by atoms with Crippen LogP contribution in [0.2, 0.25) is 0 Å². The van der Waals surface area contributed by atoms with Crippen LogP contribution in [-0.4, -0.2) is 36.2 Å². The van der Waals surface area contributed by atoms with Crippen molar-refractivity contribution < 1.29 is 24.1 Å². The molecule has 19 heavy (non-hydrogen) atoms. The summed E-state index contributed by atoms with van der Waals surface area (Å²) in [7, 11) is 1.00. The van der Waals surface area contributed by atoms with Gasteiger partial charge in [-0.3, -0.25) is 10.1 Å². The molecule has 8 nitrogen and oxygen atoms in total. The van der Waals surface area contributed by atoms with Crippen molar-refractivity contribution in [1.29, 1.82) is 0 Å². The van der Waals surface area contributed by atoms with E-state index >= 15 is 0 Å². The van der Waals surface area contributed by atoms with Crippen molar-refractivity contribution >= 4 is 17.7 Å². The van der Waals surface area contributed by atoms with E-state index in [1.807, 2.05) is 0 Å². The van der Waals surface area contributed by atoms with Gasteiger partial charge in [-0.1, -0.05) is 35.5 Å². The predicted octanol–water partition coefficient (Wildman–Crippen LogP) is 0.384. The second kappa shape index (κ2) is 6.84. The first kappa shape index (κ1) is 14.3. The van der Waals surface area contributed by atoms with Gasteiger partial charge in [0.1, 0.15) is 0 Å². The van der Waals surface area contributed by atoms with Gasteiger partial charge in [0.2, 0.25) is 6.54 Å². The summed E-state index contributed by atoms with van der Waals surface area (Å²) in [4.78, 5) is 36.0. The highest BCUT2D eigenvalue weighted by molar-refractivity contribution is 6.29. The number of carbonyl (C=O) groups is 2. The molecule has 0 heterocycles. The zero-order valence-corrected chi connectivity index (χ0v) is 9.94. The van der Waals surface area contributed by atoms with E-state index in [1.165, 1.54) is 0 Å². The number of nitrogens with zero attached hydrogens (tertiary/aromatic N) is 2. The van der Waals surface area contributed by atoms with Crippen molar-refractivity contribution in [2.45, 2.75) is 0 Å². The summed E-state index contributed by atoms with van der Waals surface area (Å²) >= 11 is 0. The average Bonchev–Trinajstić information content (AvgIpc) is 2.42. The van der Waals surface area contributed by atoms with Crippen LogP contribution in [0.5, 0.6) is 0 Å². The van der Waals surface area contributed by atoms with Crippen LogP contribution < -0.4 is 0 Å². The Kier molecular flexibility index (Phi) is 5.15. The Morgan fingerprint density at radius 3 is 2.42 bits per heavy atom. The third kappa shape index (κ3) is 4.54. The molecule has 0 radical (unpaired) electrons. The smallest absolute Gasteiger partial charge is 0.443 e. The number of esters is 1. The van der Waals surface area contributed by atoms with Gasteiger partial charge in [0.25, 0.3) is 0 Å². The van der Waals surface area contributed by atoms with Crippen LogP contribution in [0.15, 0.2) is 35.5 Å². The monoisotopic (exact) mass is 266 g/mol. The number of nitro groups is 1. The summed E-state index contributed by atoms with van der Waals surface area (Å²) in [5, 5.41) is 13.8. The normalized spacial score (nSPS) is 10.7. The topological polar surface area (TPSA) is 108 Å². The Labute approximate surface area is 107 Å². The molecule has 0 atom stereocenters. The predicted molar refractivity (Wildman–Crippen MR) is 62.9 cm³/mol.